The van der Waals surface area contributed by atoms with Crippen molar-refractivity contribution in [3.63, 3.8) is 0 Å². The van der Waals surface area contributed by atoms with Crippen LogP contribution in [-0.2, 0) is 24.4 Å². The molecule has 1 amide bonds. The Bertz CT molecular complexity index is 964. The third-order valence-corrected chi connectivity index (χ3v) is 4.43. The highest BCUT2D eigenvalue weighted by Crippen LogP contribution is 2.18. The second-order valence-corrected chi connectivity index (χ2v) is 6.43. The van der Waals surface area contributed by atoms with E-state index in [1.807, 2.05) is 10.7 Å². The van der Waals surface area contributed by atoms with Crippen molar-refractivity contribution in [2.24, 2.45) is 0 Å². The molecular weight excluding hydrogens is 353 g/mol. The molecule has 10 heteroatoms. The first kappa shape index (κ1) is 17.3. The zero-order valence-electron chi connectivity index (χ0n) is 14.7. The summed E-state index contributed by atoms with van der Waals surface area (Å²) in [6.45, 7) is 3.13. The van der Waals surface area contributed by atoms with Crippen molar-refractivity contribution < 1.29 is 14.3 Å². The van der Waals surface area contributed by atoms with Crippen LogP contribution in [0, 0.1) is 5.82 Å². The Morgan fingerprint density at radius 3 is 2.78 bits per heavy atom. The highest BCUT2D eigenvalue weighted by atomic mass is 19.1. The molecule has 3 heterocycles. The summed E-state index contributed by atoms with van der Waals surface area (Å²) in [5.41, 5.74) is 2.10. The molecule has 1 atom stereocenters. The van der Waals surface area contributed by atoms with E-state index in [4.69, 9.17) is 0 Å². The van der Waals surface area contributed by atoms with E-state index in [1.54, 1.807) is 24.0 Å². The van der Waals surface area contributed by atoms with Gasteiger partial charge in [-0.25, -0.2) is 4.39 Å². The number of aliphatic hydroxyl groups excluding tert-OH is 1. The van der Waals surface area contributed by atoms with Gasteiger partial charge in [-0.1, -0.05) is 0 Å². The number of amides is 1. The van der Waals surface area contributed by atoms with Gasteiger partial charge in [0.05, 0.1) is 30.6 Å². The van der Waals surface area contributed by atoms with Crippen molar-refractivity contribution in [2.45, 2.75) is 32.7 Å². The number of tetrazole rings is 1. The van der Waals surface area contributed by atoms with Crippen LogP contribution in [0.15, 0.2) is 30.3 Å². The second-order valence-electron chi connectivity index (χ2n) is 6.43. The maximum absolute atomic E-state index is 13.0. The minimum Gasteiger partial charge on any atom is -0.387 e. The maximum Gasteiger partial charge on any atom is 0.246 e. The molecule has 3 aromatic rings. The summed E-state index contributed by atoms with van der Waals surface area (Å²) in [5, 5.41) is 26.0. The standard InChI is InChI=1S/C17H18FN7O2/c1-11(26)15-8-14-9-23(6-7-24(14)20-15)16(27)10-25-21-17(19-22-25)12-2-4-13(18)5-3-12/h2-5,8,11,26H,6-7,9-10H2,1H3/t11-/m1/s1. The van der Waals surface area contributed by atoms with Crippen LogP contribution in [-0.4, -0.2) is 52.4 Å². The number of carbonyl (C=O) groups excluding carboxylic acids is 1. The smallest absolute Gasteiger partial charge is 0.246 e. The fourth-order valence-corrected chi connectivity index (χ4v) is 2.95. The molecule has 1 aromatic carbocycles. The van der Waals surface area contributed by atoms with E-state index in [1.165, 1.54) is 16.9 Å². The Labute approximate surface area is 154 Å². The van der Waals surface area contributed by atoms with Gasteiger partial charge in [0.25, 0.3) is 0 Å². The fourth-order valence-electron chi connectivity index (χ4n) is 2.95. The number of aliphatic hydroxyl groups is 1. The van der Waals surface area contributed by atoms with Crippen molar-refractivity contribution >= 4 is 5.91 Å². The van der Waals surface area contributed by atoms with Crippen LogP contribution in [0.5, 0.6) is 0 Å². The number of halogens is 1. The third kappa shape index (κ3) is 3.56. The summed E-state index contributed by atoms with van der Waals surface area (Å²) < 4.78 is 14.8. The van der Waals surface area contributed by atoms with Crippen molar-refractivity contribution in [3.05, 3.63) is 47.5 Å². The van der Waals surface area contributed by atoms with Crippen molar-refractivity contribution in [1.82, 2.24) is 34.9 Å². The molecule has 0 saturated heterocycles. The van der Waals surface area contributed by atoms with Crippen molar-refractivity contribution in [1.29, 1.82) is 0 Å². The average Bonchev–Trinajstić information content (AvgIpc) is 3.28. The van der Waals surface area contributed by atoms with Gasteiger partial charge in [-0.2, -0.15) is 9.90 Å². The molecule has 0 saturated carbocycles. The third-order valence-electron chi connectivity index (χ3n) is 4.43. The molecule has 0 aliphatic carbocycles. The van der Waals surface area contributed by atoms with Gasteiger partial charge in [0, 0.05) is 12.1 Å². The highest BCUT2D eigenvalue weighted by Gasteiger charge is 2.24. The van der Waals surface area contributed by atoms with Crippen molar-refractivity contribution in [3.8, 4) is 11.4 Å². The predicted molar refractivity (Wildman–Crippen MR) is 91.5 cm³/mol. The lowest BCUT2D eigenvalue weighted by atomic mass is 10.2. The molecular formula is C17H18FN7O2. The van der Waals surface area contributed by atoms with Gasteiger partial charge in [0.1, 0.15) is 12.4 Å². The van der Waals surface area contributed by atoms with Crippen LogP contribution in [0.1, 0.15) is 24.4 Å². The Kier molecular flexibility index (Phi) is 4.40. The van der Waals surface area contributed by atoms with Crippen LogP contribution in [0.2, 0.25) is 0 Å². The maximum atomic E-state index is 13.0. The summed E-state index contributed by atoms with van der Waals surface area (Å²) in [4.78, 5) is 15.5. The van der Waals surface area contributed by atoms with E-state index in [-0.39, 0.29) is 18.3 Å². The number of fused-ring (bicyclic) bond motifs is 1. The van der Waals surface area contributed by atoms with Crippen LogP contribution in [0.3, 0.4) is 0 Å². The molecule has 0 spiro atoms. The van der Waals surface area contributed by atoms with E-state index < -0.39 is 6.10 Å². The normalized spacial score (nSPS) is 14.9. The summed E-state index contributed by atoms with van der Waals surface area (Å²) in [6.07, 6.45) is -0.642. The molecule has 1 aliphatic rings. The first-order chi connectivity index (χ1) is 13.0. The molecule has 0 fully saturated rings. The first-order valence-corrected chi connectivity index (χ1v) is 8.56. The van der Waals surface area contributed by atoms with Gasteiger partial charge in [-0.3, -0.25) is 9.48 Å². The molecule has 9 nitrogen and oxygen atoms in total. The number of benzene rings is 1. The lowest BCUT2D eigenvalue weighted by Crippen LogP contribution is -2.40. The molecule has 1 N–H and O–H groups in total. The van der Waals surface area contributed by atoms with E-state index in [0.717, 1.165) is 5.69 Å². The number of hydrogen-bond acceptors (Lipinski definition) is 6. The van der Waals surface area contributed by atoms with Gasteiger partial charge >= 0.3 is 0 Å². The monoisotopic (exact) mass is 371 g/mol. The number of nitrogens with zero attached hydrogens (tertiary/aromatic N) is 7. The van der Waals surface area contributed by atoms with E-state index in [9.17, 15) is 14.3 Å². The van der Waals surface area contributed by atoms with E-state index >= 15 is 0 Å². The van der Waals surface area contributed by atoms with Gasteiger partial charge in [-0.15, -0.1) is 10.2 Å². The fraction of sp³-hybridized carbons (Fsp3) is 0.353. The van der Waals surface area contributed by atoms with Crippen molar-refractivity contribution in [2.75, 3.05) is 6.54 Å². The Balaban J connectivity index is 1.43. The zero-order valence-corrected chi connectivity index (χ0v) is 14.7. The lowest BCUT2D eigenvalue weighted by molar-refractivity contribution is -0.133. The number of aromatic nitrogens is 6. The minimum atomic E-state index is -0.642. The largest absolute Gasteiger partial charge is 0.387 e. The molecule has 4 rings (SSSR count). The Hall–Kier alpha value is -3.14. The SMILES string of the molecule is C[C@@H](O)c1cc2n(n1)CCN(C(=O)Cn1nnc(-c3ccc(F)cc3)n1)C2. The highest BCUT2D eigenvalue weighted by molar-refractivity contribution is 5.75. The Morgan fingerprint density at radius 2 is 2.04 bits per heavy atom. The molecule has 27 heavy (non-hydrogen) atoms. The molecule has 0 unspecified atom stereocenters. The topological polar surface area (TPSA) is 102 Å². The minimum absolute atomic E-state index is 0.0361. The zero-order chi connectivity index (χ0) is 19.0. The molecule has 2 aromatic heterocycles. The first-order valence-electron chi connectivity index (χ1n) is 8.56. The summed E-state index contributed by atoms with van der Waals surface area (Å²) in [5.74, 6) is -0.144. The van der Waals surface area contributed by atoms with Crippen LogP contribution >= 0.6 is 0 Å². The summed E-state index contributed by atoms with van der Waals surface area (Å²) >= 11 is 0. The quantitative estimate of drug-likeness (QED) is 0.727. The van der Waals surface area contributed by atoms with Crippen LogP contribution in [0.4, 0.5) is 4.39 Å². The number of hydrogen-bond donors (Lipinski definition) is 1. The predicted octanol–water partition coefficient (Wildman–Crippen LogP) is 0.771. The van der Waals surface area contributed by atoms with Gasteiger partial charge in [0.2, 0.25) is 11.7 Å². The summed E-state index contributed by atoms with van der Waals surface area (Å²) in [6, 6.07) is 7.57. The lowest BCUT2D eigenvalue weighted by Gasteiger charge is -2.27. The summed E-state index contributed by atoms with van der Waals surface area (Å²) in [7, 11) is 0. The van der Waals surface area contributed by atoms with Crippen LogP contribution < -0.4 is 0 Å². The van der Waals surface area contributed by atoms with Gasteiger partial charge in [-0.05, 0) is 42.5 Å². The second kappa shape index (κ2) is 6.88. The Morgan fingerprint density at radius 1 is 1.26 bits per heavy atom. The molecule has 0 bridgehead atoms. The van der Waals surface area contributed by atoms with Crippen LogP contribution in [0.25, 0.3) is 11.4 Å². The van der Waals surface area contributed by atoms with E-state index in [2.05, 4.69) is 20.5 Å². The number of rotatable bonds is 4. The number of carbonyl (C=O) groups is 1. The molecule has 0 radical (unpaired) electrons. The van der Waals surface area contributed by atoms with Gasteiger partial charge < -0.3 is 10.0 Å². The average molecular weight is 371 g/mol. The van der Waals surface area contributed by atoms with Gasteiger partial charge in [0.15, 0.2) is 0 Å². The molecule has 140 valence electrons. The molecule has 1 aliphatic heterocycles. The van der Waals surface area contributed by atoms with E-state index in [0.29, 0.717) is 36.7 Å².